The fourth-order valence-electron chi connectivity index (χ4n) is 3.26. The molecule has 0 saturated carbocycles. The van der Waals surface area contributed by atoms with Crippen LogP contribution < -0.4 is 11.3 Å². The third-order valence-electron chi connectivity index (χ3n) is 4.62. The number of rotatable bonds is 3. The summed E-state index contributed by atoms with van der Waals surface area (Å²) in [7, 11) is 0. The summed E-state index contributed by atoms with van der Waals surface area (Å²) < 4.78 is 11.1. The molecule has 0 bridgehead atoms. The van der Waals surface area contributed by atoms with Crippen molar-refractivity contribution in [2.45, 2.75) is 13.8 Å². The maximum Gasteiger partial charge on any atom is 0.349 e. The number of aromatic nitrogens is 1. The fraction of sp³-hybridized carbons (Fsp3) is 0.0870. The summed E-state index contributed by atoms with van der Waals surface area (Å²) in [6.45, 7) is 3.08. The number of hydrogen-bond acceptors (Lipinski definition) is 7. The summed E-state index contributed by atoms with van der Waals surface area (Å²) in [4.78, 5) is 29.3. The number of pyridine rings is 1. The van der Waals surface area contributed by atoms with Crippen LogP contribution in [0.2, 0.25) is 0 Å². The molecule has 1 aromatic carbocycles. The van der Waals surface area contributed by atoms with Gasteiger partial charge < -0.3 is 19.0 Å². The van der Waals surface area contributed by atoms with E-state index in [-0.39, 0.29) is 45.5 Å². The first-order valence-electron chi connectivity index (χ1n) is 9.19. The minimum absolute atomic E-state index is 0.0843. The van der Waals surface area contributed by atoms with Crippen molar-refractivity contribution in [3.8, 4) is 45.1 Å². The highest BCUT2D eigenvalue weighted by atomic mass is 79.9. The molecule has 0 aliphatic heterocycles. The van der Waals surface area contributed by atoms with Crippen LogP contribution in [0.5, 0.6) is 11.5 Å². The lowest BCUT2D eigenvalue weighted by atomic mass is 10.0. The molecular weight excluding hydrogens is 466 g/mol. The van der Waals surface area contributed by atoms with Gasteiger partial charge >= 0.3 is 11.3 Å². The zero-order chi connectivity index (χ0) is 22.3. The zero-order valence-electron chi connectivity index (χ0n) is 16.5. The Bertz CT molecular complexity index is 1340. The molecule has 0 fully saturated rings. The quantitative estimate of drug-likeness (QED) is 0.432. The van der Waals surface area contributed by atoms with Gasteiger partial charge in [0.2, 0.25) is 0 Å². The molecule has 3 heterocycles. The maximum atomic E-state index is 12.5. The number of benzene rings is 1. The van der Waals surface area contributed by atoms with E-state index in [1.54, 1.807) is 12.1 Å². The van der Waals surface area contributed by atoms with E-state index in [1.807, 2.05) is 24.3 Å². The Morgan fingerprint density at radius 2 is 1.19 bits per heavy atom. The van der Waals surface area contributed by atoms with Crippen LogP contribution in [0.25, 0.3) is 33.6 Å². The molecule has 0 aliphatic rings. The number of nitrogens with zero attached hydrogens (tertiary/aromatic N) is 1. The van der Waals surface area contributed by atoms with E-state index in [1.165, 1.54) is 26.0 Å². The highest BCUT2D eigenvalue weighted by Crippen LogP contribution is 2.34. The molecular formula is C23H16BrNO6. The molecule has 4 aromatic rings. The Hall–Kier alpha value is -3.65. The van der Waals surface area contributed by atoms with Crippen LogP contribution in [-0.4, -0.2) is 15.2 Å². The molecule has 0 radical (unpaired) electrons. The molecule has 3 aromatic heterocycles. The molecule has 2 N–H and O–H groups in total. The Kier molecular flexibility index (Phi) is 5.24. The van der Waals surface area contributed by atoms with Gasteiger partial charge in [-0.1, -0.05) is 28.1 Å². The smallest absolute Gasteiger partial charge is 0.349 e. The van der Waals surface area contributed by atoms with Gasteiger partial charge in [-0.3, -0.25) is 0 Å². The number of aryl methyl sites for hydroxylation is 2. The monoisotopic (exact) mass is 481 g/mol. The summed E-state index contributed by atoms with van der Waals surface area (Å²) in [6.07, 6.45) is 0. The third kappa shape index (κ3) is 4.02. The minimum atomic E-state index is -0.774. The van der Waals surface area contributed by atoms with Crippen molar-refractivity contribution in [2.75, 3.05) is 0 Å². The van der Waals surface area contributed by atoms with Crippen LogP contribution in [0.1, 0.15) is 11.5 Å². The lowest BCUT2D eigenvalue weighted by Gasteiger charge is -2.11. The van der Waals surface area contributed by atoms with Gasteiger partial charge in [-0.15, -0.1) is 0 Å². The first kappa shape index (κ1) is 20.6. The van der Waals surface area contributed by atoms with E-state index >= 15 is 0 Å². The maximum absolute atomic E-state index is 12.5. The van der Waals surface area contributed by atoms with Gasteiger partial charge in [0.25, 0.3) is 0 Å². The van der Waals surface area contributed by atoms with Crippen molar-refractivity contribution in [2.24, 2.45) is 0 Å². The third-order valence-corrected chi connectivity index (χ3v) is 5.15. The van der Waals surface area contributed by atoms with Crippen LogP contribution in [0, 0.1) is 13.8 Å². The Morgan fingerprint density at radius 3 is 1.61 bits per heavy atom. The summed E-state index contributed by atoms with van der Waals surface area (Å²) >= 11 is 3.39. The van der Waals surface area contributed by atoms with Crippen LogP contribution in [-0.2, 0) is 0 Å². The molecule has 0 atom stereocenters. The van der Waals surface area contributed by atoms with Gasteiger partial charge in [0.05, 0.1) is 11.4 Å². The Morgan fingerprint density at radius 1 is 0.742 bits per heavy atom. The highest BCUT2D eigenvalue weighted by Gasteiger charge is 2.20. The van der Waals surface area contributed by atoms with Gasteiger partial charge in [0.15, 0.2) is 0 Å². The van der Waals surface area contributed by atoms with Gasteiger partial charge in [-0.25, -0.2) is 14.6 Å². The lowest BCUT2D eigenvalue weighted by Crippen LogP contribution is -2.08. The van der Waals surface area contributed by atoms with Crippen molar-refractivity contribution in [3.05, 3.63) is 85.4 Å². The number of halogens is 1. The van der Waals surface area contributed by atoms with Gasteiger partial charge in [0.1, 0.15) is 34.1 Å². The van der Waals surface area contributed by atoms with Crippen molar-refractivity contribution in [1.82, 2.24) is 4.98 Å². The average Bonchev–Trinajstić information content (AvgIpc) is 2.67. The molecule has 156 valence electrons. The van der Waals surface area contributed by atoms with E-state index in [0.717, 1.165) is 10.0 Å². The SMILES string of the molecule is Cc1cc(O)c(-c2cc(-c3ccc(Br)cc3)cc(-c3c(O)cc(C)oc3=O)n2)c(=O)o1. The van der Waals surface area contributed by atoms with Gasteiger partial charge in [0, 0.05) is 16.6 Å². The summed E-state index contributed by atoms with van der Waals surface area (Å²) in [5.41, 5.74) is -0.315. The van der Waals surface area contributed by atoms with Crippen LogP contribution in [0.4, 0.5) is 0 Å². The molecule has 7 nitrogen and oxygen atoms in total. The molecule has 4 rings (SSSR count). The van der Waals surface area contributed by atoms with Crippen LogP contribution >= 0.6 is 15.9 Å². The molecule has 0 unspecified atom stereocenters. The topological polar surface area (TPSA) is 114 Å². The standard InChI is InChI=1S/C23H16BrNO6/c1-11-7-18(26)20(22(28)30-11)16-9-14(13-3-5-15(24)6-4-13)10-17(25-16)21-19(27)8-12(2)31-23(21)29/h3-10,26-27H,1-2H3. The summed E-state index contributed by atoms with van der Waals surface area (Å²) in [5, 5.41) is 20.8. The largest absolute Gasteiger partial charge is 0.507 e. The highest BCUT2D eigenvalue weighted by molar-refractivity contribution is 9.10. The van der Waals surface area contributed by atoms with Crippen molar-refractivity contribution >= 4 is 15.9 Å². The molecule has 0 amide bonds. The molecule has 0 aliphatic carbocycles. The normalized spacial score (nSPS) is 10.9. The van der Waals surface area contributed by atoms with E-state index < -0.39 is 11.3 Å². The summed E-state index contributed by atoms with van der Waals surface area (Å²) in [6, 6.07) is 13.2. The van der Waals surface area contributed by atoms with E-state index in [2.05, 4.69) is 20.9 Å². The van der Waals surface area contributed by atoms with Crippen molar-refractivity contribution < 1.29 is 19.0 Å². The number of hydrogen-bond donors (Lipinski definition) is 2. The van der Waals surface area contributed by atoms with Gasteiger partial charge in [-0.2, -0.15) is 0 Å². The van der Waals surface area contributed by atoms with Gasteiger partial charge in [-0.05, 0) is 49.2 Å². The molecule has 0 spiro atoms. The molecule has 0 saturated heterocycles. The second-order valence-electron chi connectivity index (χ2n) is 6.94. The number of aromatic hydroxyl groups is 2. The Labute approximate surface area is 184 Å². The first-order chi connectivity index (χ1) is 14.7. The average molecular weight is 482 g/mol. The zero-order valence-corrected chi connectivity index (χ0v) is 18.1. The minimum Gasteiger partial charge on any atom is -0.507 e. The van der Waals surface area contributed by atoms with Crippen molar-refractivity contribution in [3.63, 3.8) is 0 Å². The predicted octanol–water partition coefficient (Wildman–Crippen LogP) is 4.78. The first-order valence-corrected chi connectivity index (χ1v) is 9.98. The fourth-order valence-corrected chi connectivity index (χ4v) is 3.52. The Balaban J connectivity index is 2.05. The van der Waals surface area contributed by atoms with Crippen LogP contribution in [0.15, 0.2) is 71.4 Å². The molecule has 31 heavy (non-hydrogen) atoms. The second-order valence-corrected chi connectivity index (χ2v) is 7.86. The molecule has 8 heteroatoms. The predicted molar refractivity (Wildman–Crippen MR) is 118 cm³/mol. The van der Waals surface area contributed by atoms with Crippen LogP contribution in [0.3, 0.4) is 0 Å². The van der Waals surface area contributed by atoms with E-state index in [9.17, 15) is 19.8 Å². The lowest BCUT2D eigenvalue weighted by molar-refractivity contribution is 0.438. The summed E-state index contributed by atoms with van der Waals surface area (Å²) in [5.74, 6) is -0.125. The second kappa shape index (κ2) is 7.88. The van der Waals surface area contributed by atoms with Crippen molar-refractivity contribution in [1.29, 1.82) is 0 Å². The van der Waals surface area contributed by atoms with E-state index in [4.69, 9.17) is 8.83 Å². The van der Waals surface area contributed by atoms with E-state index in [0.29, 0.717) is 5.56 Å².